The largest absolute Gasteiger partial charge is 0.472 e. The first-order chi connectivity index (χ1) is 30.0. The molecule has 0 aliphatic carbocycles. The number of nitrogens with zero attached hydrogens (tertiary/aromatic N) is 1. The van der Waals surface area contributed by atoms with Gasteiger partial charge in [0.2, 0.25) is 5.91 Å². The summed E-state index contributed by atoms with van der Waals surface area (Å²) < 4.78 is 23.6. The van der Waals surface area contributed by atoms with Crippen LogP contribution in [0.1, 0.15) is 181 Å². The number of carbonyl (C=O) groups is 1. The van der Waals surface area contributed by atoms with Gasteiger partial charge in [-0.2, -0.15) is 0 Å². The third kappa shape index (κ3) is 45.4. The van der Waals surface area contributed by atoms with Crippen LogP contribution in [-0.2, 0) is 18.4 Å². The van der Waals surface area contributed by atoms with Gasteiger partial charge in [-0.25, -0.2) is 4.57 Å². The maximum absolute atomic E-state index is 12.9. The molecule has 3 unspecified atom stereocenters. The van der Waals surface area contributed by atoms with E-state index in [2.05, 4.69) is 104 Å². The van der Waals surface area contributed by atoms with E-state index in [1.165, 1.54) is 83.5 Å². The van der Waals surface area contributed by atoms with Gasteiger partial charge in [0.05, 0.1) is 39.9 Å². The van der Waals surface area contributed by atoms with E-state index < -0.39 is 20.0 Å². The maximum Gasteiger partial charge on any atom is 0.472 e. The lowest BCUT2D eigenvalue weighted by Gasteiger charge is -2.25. The van der Waals surface area contributed by atoms with Crippen LogP contribution in [0.4, 0.5) is 0 Å². The van der Waals surface area contributed by atoms with Crippen molar-refractivity contribution in [3.63, 3.8) is 0 Å². The van der Waals surface area contributed by atoms with Crippen LogP contribution in [0.5, 0.6) is 0 Å². The fraction of sp³-hybridized carbons (Fsp3) is 0.679. The van der Waals surface area contributed by atoms with Crippen molar-refractivity contribution in [2.24, 2.45) is 0 Å². The van der Waals surface area contributed by atoms with E-state index >= 15 is 0 Å². The first-order valence-electron chi connectivity index (χ1n) is 24.6. The molecule has 0 saturated carbocycles. The molecule has 8 nitrogen and oxygen atoms in total. The number of quaternary nitrogens is 1. The molecule has 3 N–H and O–H groups in total. The lowest BCUT2D eigenvalue weighted by Crippen LogP contribution is -2.45. The van der Waals surface area contributed by atoms with E-state index in [0.29, 0.717) is 17.4 Å². The Morgan fingerprint density at radius 2 is 0.968 bits per heavy atom. The number of amides is 1. The maximum atomic E-state index is 12.9. The summed E-state index contributed by atoms with van der Waals surface area (Å²) >= 11 is 0. The van der Waals surface area contributed by atoms with Gasteiger partial charge >= 0.3 is 7.82 Å². The van der Waals surface area contributed by atoms with Crippen molar-refractivity contribution in [3.8, 4) is 0 Å². The zero-order valence-corrected chi connectivity index (χ0v) is 41.2. The minimum atomic E-state index is -4.36. The third-order valence-electron chi connectivity index (χ3n) is 10.3. The van der Waals surface area contributed by atoms with Crippen LogP contribution in [0.15, 0.2) is 97.2 Å². The second kappa shape index (κ2) is 43.7. The van der Waals surface area contributed by atoms with Gasteiger partial charge in [-0.15, -0.1) is 0 Å². The molecular formula is C53H94N2O6P+. The molecule has 0 fully saturated rings. The normalized spacial score (nSPS) is 15.0. The Morgan fingerprint density at radius 1 is 0.565 bits per heavy atom. The minimum absolute atomic E-state index is 0.0453. The first kappa shape index (κ1) is 59.4. The molecule has 0 aromatic rings. The third-order valence-corrected chi connectivity index (χ3v) is 11.3. The van der Waals surface area contributed by atoms with Crippen molar-refractivity contribution in [2.75, 3.05) is 40.9 Å². The molecule has 0 aliphatic rings. The van der Waals surface area contributed by atoms with Gasteiger partial charge in [-0.3, -0.25) is 13.8 Å². The van der Waals surface area contributed by atoms with Crippen LogP contribution in [-0.4, -0.2) is 73.4 Å². The van der Waals surface area contributed by atoms with E-state index in [1.807, 2.05) is 27.2 Å². The Morgan fingerprint density at radius 3 is 1.40 bits per heavy atom. The number of hydrogen-bond donors (Lipinski definition) is 3. The van der Waals surface area contributed by atoms with Crippen LogP contribution < -0.4 is 5.32 Å². The van der Waals surface area contributed by atoms with Gasteiger partial charge in [0.15, 0.2) is 0 Å². The van der Waals surface area contributed by atoms with Crippen molar-refractivity contribution < 1.29 is 32.9 Å². The Hall–Kier alpha value is -2.58. The Balaban J connectivity index is 4.49. The molecule has 356 valence electrons. The average molecular weight is 886 g/mol. The summed E-state index contributed by atoms with van der Waals surface area (Å²) in [6.45, 7) is 4.64. The Kier molecular flexibility index (Phi) is 41.8. The van der Waals surface area contributed by atoms with Crippen molar-refractivity contribution in [3.05, 3.63) is 97.2 Å². The second-order valence-electron chi connectivity index (χ2n) is 17.5. The number of carbonyl (C=O) groups excluding carboxylic acids is 1. The number of hydrogen-bond acceptors (Lipinski definition) is 5. The van der Waals surface area contributed by atoms with Gasteiger partial charge in [-0.05, 0) is 70.6 Å². The number of nitrogens with one attached hydrogen (secondary N) is 1. The van der Waals surface area contributed by atoms with Gasteiger partial charge in [0, 0.05) is 6.42 Å². The van der Waals surface area contributed by atoms with E-state index in [4.69, 9.17) is 9.05 Å². The number of phosphoric ester groups is 1. The number of aliphatic hydroxyl groups excluding tert-OH is 1. The highest BCUT2D eigenvalue weighted by molar-refractivity contribution is 7.47. The van der Waals surface area contributed by atoms with E-state index in [-0.39, 0.29) is 25.5 Å². The topological polar surface area (TPSA) is 105 Å². The quantitative estimate of drug-likeness (QED) is 0.0244. The van der Waals surface area contributed by atoms with Gasteiger partial charge in [0.25, 0.3) is 0 Å². The summed E-state index contributed by atoms with van der Waals surface area (Å²) in [5.41, 5.74) is 0. The van der Waals surface area contributed by atoms with Crippen molar-refractivity contribution in [2.45, 2.75) is 193 Å². The van der Waals surface area contributed by atoms with Crippen LogP contribution in [0.3, 0.4) is 0 Å². The van der Waals surface area contributed by atoms with Crippen molar-refractivity contribution in [1.82, 2.24) is 5.32 Å². The number of allylic oxidation sites excluding steroid dienone is 15. The number of likely N-dealkylation sites (N-methyl/N-ethyl adjacent to an activating group) is 1. The zero-order chi connectivity index (χ0) is 45.7. The van der Waals surface area contributed by atoms with Crippen LogP contribution in [0.25, 0.3) is 0 Å². The molecule has 1 amide bonds. The molecule has 62 heavy (non-hydrogen) atoms. The number of unbranched alkanes of at least 4 members (excludes halogenated alkanes) is 16. The fourth-order valence-corrected chi connectivity index (χ4v) is 7.18. The average Bonchev–Trinajstić information content (AvgIpc) is 3.23. The molecule has 0 heterocycles. The smallest absolute Gasteiger partial charge is 0.387 e. The van der Waals surface area contributed by atoms with Crippen LogP contribution in [0, 0.1) is 0 Å². The predicted octanol–water partition coefficient (Wildman–Crippen LogP) is 14.3. The van der Waals surface area contributed by atoms with E-state index in [0.717, 1.165) is 70.6 Å². The highest BCUT2D eigenvalue weighted by Crippen LogP contribution is 2.43. The second-order valence-corrected chi connectivity index (χ2v) is 18.9. The molecule has 0 spiro atoms. The molecule has 0 rings (SSSR count). The Bertz CT molecular complexity index is 1330. The summed E-state index contributed by atoms with van der Waals surface area (Å²) in [6, 6.07) is -0.883. The monoisotopic (exact) mass is 886 g/mol. The fourth-order valence-electron chi connectivity index (χ4n) is 6.44. The molecule has 0 saturated heterocycles. The number of rotatable bonds is 43. The van der Waals surface area contributed by atoms with Crippen LogP contribution in [0.2, 0.25) is 0 Å². The highest BCUT2D eigenvalue weighted by Gasteiger charge is 2.27. The summed E-state index contributed by atoms with van der Waals surface area (Å²) in [7, 11) is 1.52. The standard InChI is InChI=1S/C53H93N2O6P/c1-6-8-10-12-14-16-18-20-22-24-25-26-27-28-29-31-33-35-37-39-41-43-45-47-53(57)54-51(50-61-62(58,59)60-49-48-55(3,4)5)52(56)46-44-42-40-38-36-34-32-30-23-21-19-17-15-13-11-9-7-2/h8,10,14,16,20,22,25-26,28-29,33,35,39,41,44,46,51-52,56H,6-7,9,11-13,15,17-19,21,23-24,27,30-32,34,36-38,40,42-43,45,47-50H2,1-5H3,(H-,54,57,58,59)/p+1/b10-8-,16-14-,22-20-,26-25-,29-28-,35-33-,41-39-,46-44+. The lowest BCUT2D eigenvalue weighted by molar-refractivity contribution is -0.870. The molecule has 0 radical (unpaired) electrons. The van der Waals surface area contributed by atoms with E-state index in [9.17, 15) is 19.4 Å². The highest BCUT2D eigenvalue weighted by atomic mass is 31.2. The summed E-state index contributed by atoms with van der Waals surface area (Å²) in [4.78, 5) is 23.2. The van der Waals surface area contributed by atoms with Crippen molar-refractivity contribution >= 4 is 13.7 Å². The summed E-state index contributed by atoms with van der Waals surface area (Å²) in [6.07, 6.45) is 62.0. The Labute approximate surface area is 381 Å². The lowest BCUT2D eigenvalue weighted by atomic mass is 10.0. The van der Waals surface area contributed by atoms with Crippen molar-refractivity contribution in [1.29, 1.82) is 0 Å². The SMILES string of the molecule is CC/C=C\C/C=C\C/C=C\C/C=C\C/C=C\C/C=C\C/C=C\CCCC(=O)NC(COP(=O)(O)OCC[N+](C)(C)C)C(O)/C=C/CCCCCCCCCCCCCCCCC. The molecular weight excluding hydrogens is 792 g/mol. The molecule has 0 aliphatic heterocycles. The number of phosphoric acid groups is 1. The first-order valence-corrected chi connectivity index (χ1v) is 26.1. The summed E-state index contributed by atoms with van der Waals surface area (Å²) in [5, 5.41) is 13.8. The molecule has 0 aromatic carbocycles. The summed E-state index contributed by atoms with van der Waals surface area (Å²) in [5.74, 6) is -0.238. The van der Waals surface area contributed by atoms with Gasteiger partial charge in [0.1, 0.15) is 13.2 Å². The van der Waals surface area contributed by atoms with Gasteiger partial charge < -0.3 is 19.8 Å². The molecule has 9 heteroatoms. The zero-order valence-electron chi connectivity index (χ0n) is 40.3. The molecule has 3 atom stereocenters. The van der Waals surface area contributed by atoms with E-state index in [1.54, 1.807) is 6.08 Å². The van der Waals surface area contributed by atoms with Gasteiger partial charge in [-0.1, -0.05) is 201 Å². The minimum Gasteiger partial charge on any atom is -0.387 e. The molecule has 0 bridgehead atoms. The number of aliphatic hydroxyl groups is 1. The van der Waals surface area contributed by atoms with Crippen LogP contribution >= 0.6 is 7.82 Å². The molecule has 0 aromatic heterocycles. The predicted molar refractivity (Wildman–Crippen MR) is 267 cm³/mol.